The zero-order valence-corrected chi connectivity index (χ0v) is 17.9. The van der Waals surface area contributed by atoms with E-state index in [-0.39, 0.29) is 36.5 Å². The molecule has 1 heterocycles. The Bertz CT molecular complexity index is 1060. The Hall–Kier alpha value is -2.59. The molecule has 1 amide bonds. The van der Waals surface area contributed by atoms with Crippen LogP contribution in [0.25, 0.3) is 0 Å². The second-order valence-electron chi connectivity index (χ2n) is 7.38. The minimum absolute atomic E-state index is 0.0589. The molecular formula is C21H23F3N2O4S. The maximum Gasteiger partial charge on any atom is 0.416 e. The van der Waals surface area contributed by atoms with Crippen molar-refractivity contribution in [3.8, 4) is 5.75 Å². The van der Waals surface area contributed by atoms with E-state index in [1.807, 2.05) is 0 Å². The normalized spacial score (nSPS) is 16.2. The molecule has 168 valence electrons. The standard InChI is InChI=1S/C21H23F3N2O4S/c1-14-12-18(6-7-19(14)30-2)31(28,29)26-10-8-15(9-11-26)20(27)25-17-5-3-4-16(13-17)21(22,23)24/h3-7,12-13,15H,8-11H2,1-2H3,(H,25,27). The summed E-state index contributed by atoms with van der Waals surface area (Å²) in [5, 5.41) is 2.51. The first-order valence-corrected chi connectivity index (χ1v) is 11.1. The van der Waals surface area contributed by atoms with Gasteiger partial charge < -0.3 is 10.1 Å². The summed E-state index contributed by atoms with van der Waals surface area (Å²) in [5.41, 5.74) is -0.0940. The summed E-state index contributed by atoms with van der Waals surface area (Å²) >= 11 is 0. The van der Waals surface area contributed by atoms with Crippen LogP contribution in [0.15, 0.2) is 47.4 Å². The number of rotatable bonds is 5. The molecule has 0 saturated carbocycles. The average molecular weight is 456 g/mol. The monoisotopic (exact) mass is 456 g/mol. The van der Waals surface area contributed by atoms with E-state index in [1.165, 1.54) is 29.6 Å². The van der Waals surface area contributed by atoms with Gasteiger partial charge in [0.25, 0.3) is 0 Å². The number of hydrogen-bond acceptors (Lipinski definition) is 4. The molecular weight excluding hydrogens is 433 g/mol. The summed E-state index contributed by atoms with van der Waals surface area (Å²) in [6.07, 6.45) is -3.95. The Labute approximate surface area is 179 Å². The van der Waals surface area contributed by atoms with Gasteiger partial charge in [-0.15, -0.1) is 0 Å². The molecule has 0 unspecified atom stereocenters. The van der Waals surface area contributed by atoms with E-state index in [1.54, 1.807) is 19.1 Å². The van der Waals surface area contributed by atoms with E-state index >= 15 is 0 Å². The summed E-state index contributed by atoms with van der Waals surface area (Å²) < 4.78 is 70.8. The fourth-order valence-electron chi connectivity index (χ4n) is 3.54. The Balaban J connectivity index is 1.64. The number of piperidine rings is 1. The van der Waals surface area contributed by atoms with Crippen molar-refractivity contribution in [3.05, 3.63) is 53.6 Å². The van der Waals surface area contributed by atoms with E-state index in [0.29, 0.717) is 11.3 Å². The van der Waals surface area contributed by atoms with Crippen molar-refractivity contribution >= 4 is 21.6 Å². The summed E-state index contributed by atoms with van der Waals surface area (Å²) in [4.78, 5) is 12.6. The van der Waals surface area contributed by atoms with E-state index in [4.69, 9.17) is 4.74 Å². The van der Waals surface area contributed by atoms with E-state index in [2.05, 4.69) is 5.32 Å². The number of alkyl halides is 3. The number of hydrogen-bond donors (Lipinski definition) is 1. The zero-order chi connectivity index (χ0) is 22.8. The van der Waals surface area contributed by atoms with Gasteiger partial charge in [0.2, 0.25) is 15.9 Å². The smallest absolute Gasteiger partial charge is 0.416 e. The molecule has 1 saturated heterocycles. The van der Waals surface area contributed by atoms with Crippen LogP contribution in [0.5, 0.6) is 5.75 Å². The van der Waals surface area contributed by atoms with Crippen molar-refractivity contribution in [1.82, 2.24) is 4.31 Å². The zero-order valence-electron chi connectivity index (χ0n) is 17.1. The SMILES string of the molecule is COc1ccc(S(=O)(=O)N2CCC(C(=O)Nc3cccc(C(F)(F)F)c3)CC2)cc1C. The van der Waals surface area contributed by atoms with Crippen molar-refractivity contribution in [2.24, 2.45) is 5.92 Å². The molecule has 0 radical (unpaired) electrons. The first kappa shape index (κ1) is 23.1. The van der Waals surface area contributed by atoms with Gasteiger partial charge in [-0.25, -0.2) is 8.42 Å². The van der Waals surface area contributed by atoms with Crippen LogP contribution in [0.1, 0.15) is 24.0 Å². The average Bonchev–Trinajstić information content (AvgIpc) is 2.73. The number of nitrogens with one attached hydrogen (secondary N) is 1. The molecule has 6 nitrogen and oxygen atoms in total. The van der Waals surface area contributed by atoms with Gasteiger partial charge in [0.1, 0.15) is 5.75 Å². The molecule has 1 aliphatic rings. The molecule has 0 aliphatic carbocycles. The van der Waals surface area contributed by atoms with Gasteiger partial charge in [-0.05, 0) is 61.7 Å². The molecule has 2 aromatic carbocycles. The van der Waals surface area contributed by atoms with Crippen LogP contribution in [0.4, 0.5) is 18.9 Å². The van der Waals surface area contributed by atoms with Crippen molar-refractivity contribution in [2.45, 2.75) is 30.8 Å². The lowest BCUT2D eigenvalue weighted by molar-refractivity contribution is -0.137. The predicted molar refractivity (Wildman–Crippen MR) is 109 cm³/mol. The van der Waals surface area contributed by atoms with Gasteiger partial charge in [-0.3, -0.25) is 4.79 Å². The van der Waals surface area contributed by atoms with E-state index in [9.17, 15) is 26.4 Å². The Kier molecular flexibility index (Phi) is 6.61. The molecule has 2 aromatic rings. The maximum atomic E-state index is 12.9. The van der Waals surface area contributed by atoms with Gasteiger partial charge in [0, 0.05) is 24.7 Å². The first-order valence-electron chi connectivity index (χ1n) is 9.65. The highest BCUT2D eigenvalue weighted by Gasteiger charge is 2.33. The van der Waals surface area contributed by atoms with Gasteiger partial charge in [0.05, 0.1) is 17.6 Å². The van der Waals surface area contributed by atoms with Crippen molar-refractivity contribution in [3.63, 3.8) is 0 Å². The molecule has 10 heteroatoms. The van der Waals surface area contributed by atoms with Crippen LogP contribution in [-0.4, -0.2) is 38.8 Å². The molecule has 1 aliphatic heterocycles. The van der Waals surface area contributed by atoms with Crippen LogP contribution in [0, 0.1) is 12.8 Å². The molecule has 0 aromatic heterocycles. The second-order valence-corrected chi connectivity index (χ2v) is 9.32. The Morgan fingerprint density at radius 1 is 1.13 bits per heavy atom. The third-order valence-corrected chi connectivity index (χ3v) is 7.18. The Morgan fingerprint density at radius 2 is 1.81 bits per heavy atom. The molecule has 0 bridgehead atoms. The van der Waals surface area contributed by atoms with E-state index in [0.717, 1.165) is 12.1 Å². The molecule has 31 heavy (non-hydrogen) atoms. The fraction of sp³-hybridized carbons (Fsp3) is 0.381. The fourth-order valence-corrected chi connectivity index (χ4v) is 5.09. The lowest BCUT2D eigenvalue weighted by Crippen LogP contribution is -2.41. The van der Waals surface area contributed by atoms with Gasteiger partial charge >= 0.3 is 6.18 Å². The maximum absolute atomic E-state index is 12.9. The quantitative estimate of drug-likeness (QED) is 0.736. The summed E-state index contributed by atoms with van der Waals surface area (Å²) in [6.45, 7) is 2.05. The van der Waals surface area contributed by atoms with Crippen LogP contribution in [0.3, 0.4) is 0 Å². The topological polar surface area (TPSA) is 75.7 Å². The van der Waals surface area contributed by atoms with Crippen molar-refractivity contribution in [1.29, 1.82) is 0 Å². The minimum Gasteiger partial charge on any atom is -0.496 e. The summed E-state index contributed by atoms with van der Waals surface area (Å²) in [5.74, 6) is -0.320. The molecule has 3 rings (SSSR count). The van der Waals surface area contributed by atoms with Crippen LogP contribution in [0.2, 0.25) is 0 Å². The van der Waals surface area contributed by atoms with Gasteiger partial charge in [-0.2, -0.15) is 17.5 Å². The molecule has 0 atom stereocenters. The van der Waals surface area contributed by atoms with Gasteiger partial charge in [-0.1, -0.05) is 6.07 Å². The number of aryl methyl sites for hydroxylation is 1. The Morgan fingerprint density at radius 3 is 2.39 bits per heavy atom. The minimum atomic E-state index is -4.50. The number of methoxy groups -OCH3 is 1. The van der Waals surface area contributed by atoms with Crippen LogP contribution < -0.4 is 10.1 Å². The van der Waals surface area contributed by atoms with Crippen LogP contribution >= 0.6 is 0 Å². The largest absolute Gasteiger partial charge is 0.496 e. The predicted octanol–water partition coefficient (Wildman–Crippen LogP) is 4.06. The summed E-state index contributed by atoms with van der Waals surface area (Å²) in [7, 11) is -2.21. The summed E-state index contributed by atoms with van der Waals surface area (Å²) in [6, 6.07) is 9.04. The number of sulfonamides is 1. The first-order chi connectivity index (χ1) is 14.5. The number of carbonyl (C=O) groups is 1. The molecule has 1 fully saturated rings. The lowest BCUT2D eigenvalue weighted by Gasteiger charge is -2.30. The molecule has 0 spiro atoms. The highest BCUT2D eigenvalue weighted by Crippen LogP contribution is 2.31. The number of nitrogens with zero attached hydrogens (tertiary/aromatic N) is 1. The number of anilines is 1. The number of benzene rings is 2. The number of carbonyl (C=O) groups excluding carboxylic acids is 1. The van der Waals surface area contributed by atoms with Crippen molar-refractivity contribution < 1.29 is 31.1 Å². The van der Waals surface area contributed by atoms with E-state index < -0.39 is 33.6 Å². The number of ether oxygens (including phenoxy) is 1. The second kappa shape index (κ2) is 8.88. The van der Waals surface area contributed by atoms with Crippen LogP contribution in [-0.2, 0) is 21.0 Å². The highest BCUT2D eigenvalue weighted by atomic mass is 32.2. The lowest BCUT2D eigenvalue weighted by atomic mass is 9.97. The van der Waals surface area contributed by atoms with Crippen molar-refractivity contribution in [2.75, 3.05) is 25.5 Å². The van der Waals surface area contributed by atoms with Gasteiger partial charge in [0.15, 0.2) is 0 Å². The third kappa shape index (κ3) is 5.19. The highest BCUT2D eigenvalue weighted by molar-refractivity contribution is 7.89. The third-order valence-electron chi connectivity index (χ3n) is 5.29. The molecule has 1 N–H and O–H groups in total. The number of amides is 1. The number of halogens is 3.